The van der Waals surface area contributed by atoms with Crippen molar-refractivity contribution in [1.29, 1.82) is 0 Å². The van der Waals surface area contributed by atoms with Gasteiger partial charge in [-0.25, -0.2) is 9.97 Å². The summed E-state index contributed by atoms with van der Waals surface area (Å²) < 4.78 is 6.17. The molecule has 7 aromatic carbocycles. The van der Waals surface area contributed by atoms with Crippen LogP contribution >= 0.6 is 0 Å². The average molecular weight is 693 g/mol. The van der Waals surface area contributed by atoms with Crippen molar-refractivity contribution < 1.29 is 4.42 Å². The highest BCUT2D eigenvalue weighted by Gasteiger charge is 2.41. The lowest BCUT2D eigenvalue weighted by Gasteiger charge is -2.29. The summed E-state index contributed by atoms with van der Waals surface area (Å²) in [5.74, 6) is 0.702. The molecule has 3 heteroatoms. The predicted octanol–water partition coefficient (Wildman–Crippen LogP) is 13.3. The summed E-state index contributed by atoms with van der Waals surface area (Å²) in [6.45, 7) is 4.82. The van der Waals surface area contributed by atoms with Crippen molar-refractivity contribution in [3.8, 4) is 45.0 Å². The number of para-hydroxylation sites is 1. The van der Waals surface area contributed by atoms with E-state index in [1.165, 1.54) is 55.3 Å². The molecule has 9 aromatic rings. The van der Waals surface area contributed by atoms with Gasteiger partial charge in [0.05, 0.1) is 11.4 Å². The Morgan fingerprint density at radius 3 is 2.04 bits per heavy atom. The maximum Gasteiger partial charge on any atom is 0.160 e. The summed E-state index contributed by atoms with van der Waals surface area (Å²) in [6, 6.07) is 56.4. The van der Waals surface area contributed by atoms with Gasteiger partial charge in [-0.05, 0) is 98.5 Å². The number of allylic oxidation sites excluding steroid dienone is 2. The van der Waals surface area contributed by atoms with Crippen molar-refractivity contribution in [2.45, 2.75) is 32.1 Å². The second kappa shape index (κ2) is 11.7. The van der Waals surface area contributed by atoms with E-state index in [-0.39, 0.29) is 5.41 Å². The highest BCUT2D eigenvalue weighted by atomic mass is 16.3. The van der Waals surface area contributed by atoms with E-state index in [0.29, 0.717) is 5.82 Å². The van der Waals surface area contributed by atoms with E-state index < -0.39 is 0 Å². The fraction of sp³-hybridized carbons (Fsp3) is 0.0980. The number of furan rings is 1. The van der Waals surface area contributed by atoms with Crippen molar-refractivity contribution in [2.75, 3.05) is 0 Å². The number of aromatic nitrogens is 2. The van der Waals surface area contributed by atoms with E-state index in [4.69, 9.17) is 14.4 Å². The Morgan fingerprint density at radius 1 is 0.481 bits per heavy atom. The van der Waals surface area contributed by atoms with E-state index in [1.807, 2.05) is 30.3 Å². The number of rotatable bonds is 4. The third kappa shape index (κ3) is 4.61. The molecule has 0 amide bonds. The molecule has 0 unspecified atom stereocenters. The Balaban J connectivity index is 1.11. The lowest BCUT2D eigenvalue weighted by molar-refractivity contribution is 0.669. The van der Waals surface area contributed by atoms with Crippen LogP contribution in [0.1, 0.15) is 42.5 Å². The van der Waals surface area contributed by atoms with Gasteiger partial charge in [-0.15, -0.1) is 0 Å². The first-order valence-electron chi connectivity index (χ1n) is 18.9. The molecule has 54 heavy (non-hydrogen) atoms. The molecular weight excluding hydrogens is 657 g/mol. The lowest BCUT2D eigenvalue weighted by atomic mass is 9.75. The summed E-state index contributed by atoms with van der Waals surface area (Å²) >= 11 is 0. The Labute approximate surface area is 314 Å². The molecule has 3 nitrogen and oxygen atoms in total. The molecule has 2 aliphatic rings. The number of benzene rings is 7. The molecule has 0 aliphatic heterocycles. The molecule has 2 aliphatic carbocycles. The van der Waals surface area contributed by atoms with Gasteiger partial charge in [0.25, 0.3) is 0 Å². The van der Waals surface area contributed by atoms with Gasteiger partial charge < -0.3 is 4.42 Å². The van der Waals surface area contributed by atoms with Crippen molar-refractivity contribution in [3.05, 3.63) is 180 Å². The van der Waals surface area contributed by atoms with Crippen LogP contribution in [0.25, 0.3) is 88.9 Å². The average Bonchev–Trinajstić information content (AvgIpc) is 3.72. The van der Waals surface area contributed by atoms with Crippen LogP contribution in [0, 0.1) is 0 Å². The topological polar surface area (TPSA) is 38.9 Å². The van der Waals surface area contributed by atoms with Gasteiger partial charge in [0.15, 0.2) is 5.82 Å². The Bertz CT molecular complexity index is 3020. The fourth-order valence-corrected chi connectivity index (χ4v) is 9.34. The molecule has 0 spiro atoms. The van der Waals surface area contributed by atoms with E-state index in [1.54, 1.807) is 0 Å². The number of fused-ring (bicyclic) bond motifs is 8. The highest BCUT2D eigenvalue weighted by Crippen LogP contribution is 2.57. The van der Waals surface area contributed by atoms with Gasteiger partial charge >= 0.3 is 0 Å². The number of hydrogen-bond donors (Lipinski definition) is 0. The predicted molar refractivity (Wildman–Crippen MR) is 223 cm³/mol. The Morgan fingerprint density at radius 2 is 1.17 bits per heavy atom. The van der Waals surface area contributed by atoms with Gasteiger partial charge in [0, 0.05) is 32.9 Å². The van der Waals surface area contributed by atoms with Gasteiger partial charge in [-0.2, -0.15) is 0 Å². The lowest BCUT2D eigenvalue weighted by Crippen LogP contribution is -2.18. The highest BCUT2D eigenvalue weighted by molar-refractivity contribution is 6.11. The first kappa shape index (κ1) is 31.0. The van der Waals surface area contributed by atoms with Crippen molar-refractivity contribution in [3.63, 3.8) is 0 Å². The Hall–Kier alpha value is -6.58. The van der Waals surface area contributed by atoms with Crippen molar-refractivity contribution in [2.24, 2.45) is 0 Å². The second-order valence-electron chi connectivity index (χ2n) is 15.2. The molecule has 0 radical (unpaired) electrons. The van der Waals surface area contributed by atoms with E-state index in [9.17, 15) is 0 Å². The van der Waals surface area contributed by atoms with Crippen LogP contribution in [0.5, 0.6) is 0 Å². The molecule has 0 N–H and O–H groups in total. The Kier molecular flexibility index (Phi) is 6.72. The third-order valence-corrected chi connectivity index (χ3v) is 11.8. The zero-order chi connectivity index (χ0) is 36.0. The maximum absolute atomic E-state index is 6.17. The van der Waals surface area contributed by atoms with Crippen LogP contribution in [0.15, 0.2) is 162 Å². The van der Waals surface area contributed by atoms with E-state index in [0.717, 1.165) is 62.9 Å². The van der Waals surface area contributed by atoms with Crippen molar-refractivity contribution >= 4 is 43.9 Å². The molecule has 11 rings (SSSR count). The van der Waals surface area contributed by atoms with Gasteiger partial charge in [-0.3, -0.25) is 0 Å². The minimum atomic E-state index is -0.0795. The summed E-state index contributed by atoms with van der Waals surface area (Å²) in [5.41, 5.74) is 17.8. The number of aryl methyl sites for hydroxylation is 1. The van der Waals surface area contributed by atoms with Gasteiger partial charge in [0.1, 0.15) is 11.2 Å². The standard InChI is InChI=1S/C51H36N2O/c1-51(2)43-21-12-20-40(48(43)41-25-23-31-13-6-7-16-34(31)49(41)51)37-26-27-38(36-18-9-8-17-35(36)37)45-30-44(52-50(53-45)32-14-4-3-5-15-32)33-24-28-47-42(29-33)39-19-10-11-22-46(39)54-47/h3-22,24,26-30H,23,25H2,1-2H3. The number of hydrogen-bond acceptors (Lipinski definition) is 3. The zero-order valence-corrected chi connectivity index (χ0v) is 30.2. The van der Waals surface area contributed by atoms with E-state index >= 15 is 0 Å². The summed E-state index contributed by atoms with van der Waals surface area (Å²) in [7, 11) is 0. The molecule has 2 heterocycles. The minimum Gasteiger partial charge on any atom is -0.456 e. The normalized spacial score (nSPS) is 14.4. The van der Waals surface area contributed by atoms with Crippen LogP contribution in [0.4, 0.5) is 0 Å². The van der Waals surface area contributed by atoms with Crippen molar-refractivity contribution in [1.82, 2.24) is 9.97 Å². The van der Waals surface area contributed by atoms with Gasteiger partial charge in [0.2, 0.25) is 0 Å². The molecule has 0 saturated heterocycles. The number of nitrogens with zero attached hydrogens (tertiary/aromatic N) is 2. The first-order chi connectivity index (χ1) is 26.5. The van der Waals surface area contributed by atoms with Crippen LogP contribution < -0.4 is 0 Å². The van der Waals surface area contributed by atoms with Crippen LogP contribution in [0.2, 0.25) is 0 Å². The molecular formula is C51H36N2O. The smallest absolute Gasteiger partial charge is 0.160 e. The molecule has 0 saturated carbocycles. The fourth-order valence-electron chi connectivity index (χ4n) is 9.34. The zero-order valence-electron chi connectivity index (χ0n) is 30.2. The summed E-state index contributed by atoms with van der Waals surface area (Å²) in [6.07, 6.45) is 2.13. The van der Waals surface area contributed by atoms with Crippen LogP contribution in [-0.4, -0.2) is 9.97 Å². The molecule has 0 bridgehead atoms. The van der Waals surface area contributed by atoms with Gasteiger partial charge in [-0.1, -0.05) is 141 Å². The third-order valence-electron chi connectivity index (χ3n) is 11.8. The summed E-state index contributed by atoms with van der Waals surface area (Å²) in [5, 5.41) is 4.58. The molecule has 0 atom stereocenters. The first-order valence-corrected chi connectivity index (χ1v) is 18.9. The second-order valence-corrected chi connectivity index (χ2v) is 15.2. The SMILES string of the molecule is CC1(C)C2=C(CCc3ccccc32)c2c(-c3ccc(-c4cc(-c5ccc6oc7ccccc7c6c5)nc(-c5ccccc5)n4)c4ccccc34)cccc21. The largest absolute Gasteiger partial charge is 0.456 e. The molecule has 256 valence electrons. The van der Waals surface area contributed by atoms with Crippen LogP contribution in [-0.2, 0) is 11.8 Å². The monoisotopic (exact) mass is 692 g/mol. The molecule has 2 aromatic heterocycles. The summed E-state index contributed by atoms with van der Waals surface area (Å²) in [4.78, 5) is 10.4. The maximum atomic E-state index is 6.17. The van der Waals surface area contributed by atoms with E-state index in [2.05, 4.69) is 141 Å². The minimum absolute atomic E-state index is 0.0795. The van der Waals surface area contributed by atoms with Crippen LogP contribution in [0.3, 0.4) is 0 Å². The molecule has 0 fully saturated rings. The quantitative estimate of drug-likeness (QED) is 0.184.